The Bertz CT molecular complexity index is 441. The number of likely N-dealkylation sites (tertiary alicyclic amines) is 1. The standard InChI is InChI=1S/C14H18FNO2.ClH/c1-10-8-13(11-4-2-3-5-12(11)15)16(9-10)7-6-14(17)18;/h2-5,10,13H,6-9H2,1H3,(H,17,18);1H. The second-order valence-corrected chi connectivity index (χ2v) is 5.02. The fraction of sp³-hybridized carbons (Fsp3) is 0.500. The summed E-state index contributed by atoms with van der Waals surface area (Å²) in [5.74, 6) is -0.526. The molecule has 106 valence electrons. The third-order valence-corrected chi connectivity index (χ3v) is 3.49. The summed E-state index contributed by atoms with van der Waals surface area (Å²) in [6.07, 6.45) is 0.998. The minimum Gasteiger partial charge on any atom is -0.481 e. The normalized spacial score (nSPS) is 23.1. The highest BCUT2D eigenvalue weighted by molar-refractivity contribution is 5.85. The van der Waals surface area contributed by atoms with Crippen LogP contribution >= 0.6 is 12.4 Å². The number of carboxylic acid groups (broad SMARTS) is 1. The zero-order valence-electron chi connectivity index (χ0n) is 10.9. The number of benzene rings is 1. The number of hydrogen-bond acceptors (Lipinski definition) is 2. The van der Waals surface area contributed by atoms with Crippen molar-refractivity contribution in [1.29, 1.82) is 0 Å². The Kier molecular flexibility index (Phi) is 5.76. The van der Waals surface area contributed by atoms with Gasteiger partial charge in [0.2, 0.25) is 0 Å². The zero-order chi connectivity index (χ0) is 13.1. The number of carboxylic acids is 1. The lowest BCUT2D eigenvalue weighted by Crippen LogP contribution is -2.27. The van der Waals surface area contributed by atoms with E-state index in [9.17, 15) is 9.18 Å². The second kappa shape index (κ2) is 6.87. The van der Waals surface area contributed by atoms with Crippen LogP contribution in [0.4, 0.5) is 4.39 Å². The van der Waals surface area contributed by atoms with E-state index in [1.807, 2.05) is 6.07 Å². The SMILES string of the molecule is CC1CC(c2ccccc2F)N(CCC(=O)O)C1.Cl. The van der Waals surface area contributed by atoms with Crippen LogP contribution in [0.1, 0.15) is 31.4 Å². The van der Waals surface area contributed by atoms with E-state index in [4.69, 9.17) is 5.11 Å². The Labute approximate surface area is 118 Å². The summed E-state index contributed by atoms with van der Waals surface area (Å²) in [5, 5.41) is 8.75. The Morgan fingerprint density at radius 3 is 2.79 bits per heavy atom. The van der Waals surface area contributed by atoms with Gasteiger partial charge < -0.3 is 5.11 Å². The number of carbonyl (C=O) groups is 1. The van der Waals surface area contributed by atoms with E-state index < -0.39 is 5.97 Å². The van der Waals surface area contributed by atoms with Crippen molar-refractivity contribution in [3.63, 3.8) is 0 Å². The highest BCUT2D eigenvalue weighted by Crippen LogP contribution is 2.36. The Balaban J connectivity index is 0.00000180. The van der Waals surface area contributed by atoms with Gasteiger partial charge in [0.15, 0.2) is 0 Å². The van der Waals surface area contributed by atoms with Crippen LogP contribution in [0, 0.1) is 11.7 Å². The van der Waals surface area contributed by atoms with Gasteiger partial charge in [0.05, 0.1) is 6.42 Å². The van der Waals surface area contributed by atoms with E-state index in [2.05, 4.69) is 11.8 Å². The molecule has 1 N–H and O–H groups in total. The Morgan fingerprint density at radius 2 is 2.16 bits per heavy atom. The number of hydrogen-bond donors (Lipinski definition) is 1. The maximum absolute atomic E-state index is 13.8. The van der Waals surface area contributed by atoms with E-state index >= 15 is 0 Å². The van der Waals surface area contributed by atoms with Crippen molar-refractivity contribution in [2.45, 2.75) is 25.8 Å². The summed E-state index contributed by atoms with van der Waals surface area (Å²) >= 11 is 0. The summed E-state index contributed by atoms with van der Waals surface area (Å²) in [6.45, 7) is 3.44. The minimum absolute atomic E-state index is 0. The van der Waals surface area contributed by atoms with Crippen LogP contribution in [0.25, 0.3) is 0 Å². The monoisotopic (exact) mass is 287 g/mol. The van der Waals surface area contributed by atoms with E-state index in [1.165, 1.54) is 6.07 Å². The average Bonchev–Trinajstić information content (AvgIpc) is 2.68. The molecule has 2 unspecified atom stereocenters. The molecule has 1 aromatic carbocycles. The molecule has 0 aliphatic carbocycles. The van der Waals surface area contributed by atoms with Crippen LogP contribution in [-0.2, 0) is 4.79 Å². The van der Waals surface area contributed by atoms with Gasteiger partial charge in [-0.25, -0.2) is 4.39 Å². The molecule has 0 bridgehead atoms. The van der Waals surface area contributed by atoms with Gasteiger partial charge in [-0.05, 0) is 18.4 Å². The van der Waals surface area contributed by atoms with Crippen molar-refractivity contribution >= 4 is 18.4 Å². The molecule has 1 fully saturated rings. The Morgan fingerprint density at radius 1 is 1.47 bits per heavy atom. The van der Waals surface area contributed by atoms with Gasteiger partial charge in [-0.1, -0.05) is 25.1 Å². The summed E-state index contributed by atoms with van der Waals surface area (Å²) < 4.78 is 13.8. The fourth-order valence-corrected chi connectivity index (χ4v) is 2.69. The van der Waals surface area contributed by atoms with E-state index in [0.717, 1.165) is 13.0 Å². The molecular weight excluding hydrogens is 269 g/mol. The molecule has 1 saturated heterocycles. The molecule has 19 heavy (non-hydrogen) atoms. The summed E-state index contributed by atoms with van der Waals surface area (Å²) in [4.78, 5) is 12.7. The molecule has 5 heteroatoms. The molecule has 3 nitrogen and oxygen atoms in total. The van der Waals surface area contributed by atoms with Gasteiger partial charge in [0.25, 0.3) is 0 Å². The van der Waals surface area contributed by atoms with Gasteiger partial charge in [0.1, 0.15) is 5.82 Å². The molecule has 1 aromatic rings. The summed E-state index contributed by atoms with van der Waals surface area (Å²) in [6, 6.07) is 6.79. The molecule has 1 aliphatic rings. The average molecular weight is 288 g/mol. The summed E-state index contributed by atoms with van der Waals surface area (Å²) in [7, 11) is 0. The highest BCUT2D eigenvalue weighted by Gasteiger charge is 2.32. The van der Waals surface area contributed by atoms with Crippen molar-refractivity contribution in [1.82, 2.24) is 4.90 Å². The molecule has 0 amide bonds. The van der Waals surface area contributed by atoms with Crippen LogP contribution in [0.15, 0.2) is 24.3 Å². The van der Waals surface area contributed by atoms with Gasteiger partial charge in [-0.3, -0.25) is 9.69 Å². The smallest absolute Gasteiger partial charge is 0.304 e. The largest absolute Gasteiger partial charge is 0.481 e. The van der Waals surface area contributed by atoms with E-state index in [-0.39, 0.29) is 30.7 Å². The molecule has 2 rings (SSSR count). The van der Waals surface area contributed by atoms with Crippen molar-refractivity contribution in [3.8, 4) is 0 Å². The lowest BCUT2D eigenvalue weighted by atomic mass is 10.0. The molecule has 0 saturated carbocycles. The number of rotatable bonds is 4. The minimum atomic E-state index is -0.804. The molecule has 1 aliphatic heterocycles. The first kappa shape index (κ1) is 15.9. The van der Waals surface area contributed by atoms with Crippen LogP contribution in [0.5, 0.6) is 0 Å². The first-order chi connectivity index (χ1) is 8.58. The maximum Gasteiger partial charge on any atom is 0.304 e. The van der Waals surface area contributed by atoms with Crippen molar-refractivity contribution in [2.24, 2.45) is 5.92 Å². The maximum atomic E-state index is 13.8. The van der Waals surface area contributed by atoms with Crippen LogP contribution < -0.4 is 0 Å². The van der Waals surface area contributed by atoms with Gasteiger partial charge in [-0.2, -0.15) is 0 Å². The van der Waals surface area contributed by atoms with Gasteiger partial charge in [-0.15, -0.1) is 12.4 Å². The molecule has 0 spiro atoms. The van der Waals surface area contributed by atoms with Crippen LogP contribution in [0.2, 0.25) is 0 Å². The molecule has 1 heterocycles. The van der Waals surface area contributed by atoms with Crippen molar-refractivity contribution in [2.75, 3.05) is 13.1 Å². The van der Waals surface area contributed by atoms with E-state index in [0.29, 0.717) is 18.0 Å². The first-order valence-corrected chi connectivity index (χ1v) is 6.28. The number of halogens is 2. The molecule has 0 aromatic heterocycles. The lowest BCUT2D eigenvalue weighted by molar-refractivity contribution is -0.137. The highest BCUT2D eigenvalue weighted by atomic mass is 35.5. The quantitative estimate of drug-likeness (QED) is 0.925. The third-order valence-electron chi connectivity index (χ3n) is 3.49. The van der Waals surface area contributed by atoms with Crippen molar-refractivity contribution in [3.05, 3.63) is 35.6 Å². The molecule has 0 radical (unpaired) electrons. The predicted molar refractivity (Wildman–Crippen MR) is 74.0 cm³/mol. The predicted octanol–water partition coefficient (Wildman–Crippen LogP) is 3.11. The van der Waals surface area contributed by atoms with Crippen LogP contribution in [0.3, 0.4) is 0 Å². The Hall–Kier alpha value is -1.13. The zero-order valence-corrected chi connectivity index (χ0v) is 11.7. The second-order valence-electron chi connectivity index (χ2n) is 5.02. The number of nitrogens with zero attached hydrogens (tertiary/aromatic N) is 1. The summed E-state index contributed by atoms with van der Waals surface area (Å²) in [5.41, 5.74) is 0.687. The molecule has 2 atom stereocenters. The van der Waals surface area contributed by atoms with Gasteiger partial charge in [0, 0.05) is 24.7 Å². The first-order valence-electron chi connectivity index (χ1n) is 6.28. The molecular formula is C14H19ClFNO2. The van der Waals surface area contributed by atoms with E-state index in [1.54, 1.807) is 12.1 Å². The van der Waals surface area contributed by atoms with Crippen molar-refractivity contribution < 1.29 is 14.3 Å². The van der Waals surface area contributed by atoms with Crippen LogP contribution in [-0.4, -0.2) is 29.1 Å². The topological polar surface area (TPSA) is 40.5 Å². The lowest BCUT2D eigenvalue weighted by Gasteiger charge is -2.24. The van der Waals surface area contributed by atoms with Gasteiger partial charge >= 0.3 is 5.97 Å². The fourth-order valence-electron chi connectivity index (χ4n) is 2.69. The third kappa shape index (κ3) is 3.91. The number of aliphatic carboxylic acids is 1.